The van der Waals surface area contributed by atoms with E-state index in [1.54, 1.807) is 0 Å². The van der Waals surface area contributed by atoms with E-state index in [1.807, 2.05) is 0 Å². The number of aliphatic hydroxyl groups is 1. The first-order valence-corrected chi connectivity index (χ1v) is 11.1. The summed E-state index contributed by atoms with van der Waals surface area (Å²) in [4.78, 5) is 33.0. The molecule has 13 heteroatoms. The Kier molecular flexibility index (Phi) is 6.78. The molecule has 194 valence electrons. The number of carbonyl (C=O) groups excluding carboxylic acids is 2. The first-order valence-electron chi connectivity index (χ1n) is 11.1. The van der Waals surface area contributed by atoms with Gasteiger partial charge < -0.3 is 25.2 Å². The number of rotatable bonds is 7. The Morgan fingerprint density at radius 1 is 1.14 bits per heavy atom. The van der Waals surface area contributed by atoms with Crippen LogP contribution in [-0.2, 0) is 11.0 Å². The minimum absolute atomic E-state index is 0.128. The molecular formula is C23H24F4N4O5. The monoisotopic (exact) mass is 512 g/mol. The van der Waals surface area contributed by atoms with Crippen LogP contribution in [0.15, 0.2) is 30.6 Å². The van der Waals surface area contributed by atoms with E-state index in [9.17, 15) is 32.3 Å². The Balaban J connectivity index is 1.33. The van der Waals surface area contributed by atoms with Crippen LogP contribution in [0, 0.1) is 5.82 Å². The molecule has 5 rings (SSSR count). The highest BCUT2D eigenvalue weighted by atomic mass is 19.4. The highest BCUT2D eigenvalue weighted by Crippen LogP contribution is 2.47. The summed E-state index contributed by atoms with van der Waals surface area (Å²) in [5.74, 6) is -2.73. The Labute approximate surface area is 203 Å². The number of hydrogen-bond donors (Lipinski definition) is 3. The van der Waals surface area contributed by atoms with E-state index in [2.05, 4.69) is 20.6 Å². The Morgan fingerprint density at radius 2 is 1.81 bits per heavy atom. The van der Waals surface area contributed by atoms with E-state index >= 15 is 0 Å². The predicted molar refractivity (Wildman–Crippen MR) is 116 cm³/mol. The minimum atomic E-state index is -4.84. The molecule has 36 heavy (non-hydrogen) atoms. The van der Waals surface area contributed by atoms with E-state index in [4.69, 9.17) is 9.47 Å². The summed E-state index contributed by atoms with van der Waals surface area (Å²) in [6, 6.07) is 2.16. The number of methoxy groups -OCH3 is 1. The molecule has 0 spiro atoms. The molecule has 0 unspecified atom stereocenters. The number of ether oxygens (including phenoxy) is 2. The van der Waals surface area contributed by atoms with Gasteiger partial charge in [0.05, 0.1) is 29.9 Å². The van der Waals surface area contributed by atoms with Crippen LogP contribution < -0.4 is 20.1 Å². The number of amides is 2. The lowest BCUT2D eigenvalue weighted by atomic mass is 9.60. The maximum absolute atomic E-state index is 13.7. The molecule has 3 saturated carbocycles. The Bertz CT molecular complexity index is 1130. The van der Waals surface area contributed by atoms with Gasteiger partial charge in [-0.3, -0.25) is 9.59 Å². The van der Waals surface area contributed by atoms with Crippen molar-refractivity contribution < 1.29 is 41.7 Å². The quantitative estimate of drug-likeness (QED) is 0.487. The van der Waals surface area contributed by atoms with Crippen molar-refractivity contribution in [2.45, 2.75) is 55.5 Å². The molecule has 0 radical (unpaired) electrons. The van der Waals surface area contributed by atoms with Crippen LogP contribution in [0.4, 0.5) is 17.6 Å². The van der Waals surface area contributed by atoms with Crippen molar-refractivity contribution in [2.75, 3.05) is 13.7 Å². The maximum Gasteiger partial charge on any atom is 0.419 e. The number of nitrogens with zero attached hydrogens (tertiary/aromatic N) is 2. The van der Waals surface area contributed by atoms with E-state index < -0.39 is 47.3 Å². The first-order chi connectivity index (χ1) is 17.0. The second-order valence-electron chi connectivity index (χ2n) is 9.05. The molecule has 0 saturated heterocycles. The van der Waals surface area contributed by atoms with Crippen molar-refractivity contribution in [2.24, 2.45) is 0 Å². The van der Waals surface area contributed by atoms with Crippen LogP contribution in [-0.4, -0.2) is 57.8 Å². The van der Waals surface area contributed by atoms with E-state index in [1.165, 1.54) is 19.5 Å². The molecule has 2 aromatic rings. The molecular weight excluding hydrogens is 488 g/mol. The van der Waals surface area contributed by atoms with Crippen molar-refractivity contribution in [3.8, 4) is 11.8 Å². The van der Waals surface area contributed by atoms with Gasteiger partial charge in [0.25, 0.3) is 11.8 Å². The van der Waals surface area contributed by atoms with Crippen molar-refractivity contribution in [3.05, 3.63) is 47.5 Å². The normalized spacial score (nSPS) is 25.2. The predicted octanol–water partition coefficient (Wildman–Crippen LogP) is 2.38. The molecule has 2 bridgehead atoms. The van der Waals surface area contributed by atoms with Gasteiger partial charge in [0.2, 0.25) is 0 Å². The summed E-state index contributed by atoms with van der Waals surface area (Å²) in [5.41, 5.74) is -2.77. The fourth-order valence-electron chi connectivity index (χ4n) is 4.79. The summed E-state index contributed by atoms with van der Waals surface area (Å²) in [5, 5.41) is 16.6. The number of aromatic nitrogens is 2. The fraction of sp³-hybridized carbons (Fsp3) is 0.478. The van der Waals surface area contributed by atoms with Gasteiger partial charge in [-0.25, -0.2) is 14.4 Å². The van der Waals surface area contributed by atoms with Crippen LogP contribution in [0.3, 0.4) is 0 Å². The van der Waals surface area contributed by atoms with Gasteiger partial charge in [-0.15, -0.1) is 0 Å². The topological polar surface area (TPSA) is 123 Å². The smallest absolute Gasteiger partial charge is 0.419 e. The molecule has 1 aromatic carbocycles. The van der Waals surface area contributed by atoms with Crippen LogP contribution in [0.5, 0.6) is 11.8 Å². The van der Waals surface area contributed by atoms with Gasteiger partial charge in [-0.05, 0) is 44.2 Å². The molecule has 9 nitrogen and oxygen atoms in total. The second kappa shape index (κ2) is 9.52. The third kappa shape index (κ3) is 5.20. The number of aliphatic hydroxyl groups excluding tert-OH is 1. The summed E-state index contributed by atoms with van der Waals surface area (Å²) < 4.78 is 61.8. The van der Waals surface area contributed by atoms with Gasteiger partial charge in [0.15, 0.2) is 6.61 Å². The SMILES string of the molecule is COc1ncc(C(=O)NC23CCC(NC(=O)COc4ccc(C(F)(F)F)c(F)c4)(CC2)[C@@H](O)C3)cn1. The third-order valence-electron chi connectivity index (χ3n) is 6.78. The number of fused-ring (bicyclic) bond motifs is 3. The van der Waals surface area contributed by atoms with Gasteiger partial charge in [-0.1, -0.05) is 0 Å². The zero-order valence-corrected chi connectivity index (χ0v) is 19.2. The van der Waals surface area contributed by atoms with Crippen molar-refractivity contribution >= 4 is 11.8 Å². The van der Waals surface area contributed by atoms with Gasteiger partial charge in [0, 0.05) is 24.0 Å². The van der Waals surface area contributed by atoms with E-state index in [-0.39, 0.29) is 29.7 Å². The standard InChI is InChI=1S/C23H24F4N4O5/c1-35-20-28-10-13(11-29-20)19(34)31-21-4-6-22(7-5-21,17(32)9-21)30-18(33)12-36-14-2-3-15(16(24)8-14)23(25,26)27/h2-3,8,10-11,17,32H,4-7,9,12H2,1H3,(H,30,33)(H,31,34)/t17-,21?,22?/m0/s1. The van der Waals surface area contributed by atoms with Gasteiger partial charge in [-0.2, -0.15) is 13.2 Å². The largest absolute Gasteiger partial charge is 0.484 e. The van der Waals surface area contributed by atoms with Crippen molar-refractivity contribution in [1.82, 2.24) is 20.6 Å². The van der Waals surface area contributed by atoms with E-state index in [0.29, 0.717) is 37.8 Å². The summed E-state index contributed by atoms with van der Waals surface area (Å²) >= 11 is 0. The first kappa shape index (κ1) is 25.6. The number of alkyl halides is 3. The van der Waals surface area contributed by atoms with Crippen molar-refractivity contribution in [3.63, 3.8) is 0 Å². The number of halogens is 4. The second-order valence-corrected chi connectivity index (χ2v) is 9.05. The molecule has 1 atom stereocenters. The molecule has 2 amide bonds. The molecule has 3 N–H and O–H groups in total. The lowest BCUT2D eigenvalue weighted by molar-refractivity contribution is -0.140. The molecule has 1 heterocycles. The number of hydrogen-bond acceptors (Lipinski definition) is 7. The fourth-order valence-corrected chi connectivity index (χ4v) is 4.79. The zero-order chi connectivity index (χ0) is 26.1. The summed E-state index contributed by atoms with van der Waals surface area (Å²) in [6.07, 6.45) is -1.15. The summed E-state index contributed by atoms with van der Waals surface area (Å²) in [7, 11) is 1.41. The van der Waals surface area contributed by atoms with Crippen LogP contribution in [0.25, 0.3) is 0 Å². The zero-order valence-electron chi connectivity index (χ0n) is 19.2. The van der Waals surface area contributed by atoms with Gasteiger partial charge in [0.1, 0.15) is 11.6 Å². The summed E-state index contributed by atoms with van der Waals surface area (Å²) in [6.45, 7) is -0.571. The lowest BCUT2D eigenvalue weighted by Gasteiger charge is -2.56. The van der Waals surface area contributed by atoms with Crippen LogP contribution in [0.1, 0.15) is 48.0 Å². The number of nitrogens with one attached hydrogen (secondary N) is 2. The van der Waals surface area contributed by atoms with E-state index in [0.717, 1.165) is 6.07 Å². The molecule has 1 aromatic heterocycles. The average molecular weight is 512 g/mol. The average Bonchev–Trinajstić information content (AvgIpc) is 2.83. The lowest BCUT2D eigenvalue weighted by Crippen LogP contribution is -2.70. The van der Waals surface area contributed by atoms with Gasteiger partial charge >= 0.3 is 12.2 Å². The maximum atomic E-state index is 13.7. The number of carbonyl (C=O) groups is 2. The highest BCUT2D eigenvalue weighted by Gasteiger charge is 2.55. The number of benzene rings is 1. The highest BCUT2D eigenvalue weighted by molar-refractivity contribution is 5.94. The van der Waals surface area contributed by atoms with Crippen LogP contribution in [0.2, 0.25) is 0 Å². The Morgan fingerprint density at radius 3 is 2.36 bits per heavy atom. The molecule has 3 fully saturated rings. The minimum Gasteiger partial charge on any atom is -0.484 e. The Hall–Kier alpha value is -3.48. The molecule has 3 aliphatic carbocycles. The van der Waals surface area contributed by atoms with Crippen LogP contribution >= 0.6 is 0 Å². The molecule has 3 aliphatic rings. The van der Waals surface area contributed by atoms with Crippen molar-refractivity contribution in [1.29, 1.82) is 0 Å². The third-order valence-corrected chi connectivity index (χ3v) is 6.78. The molecule has 0 aliphatic heterocycles.